The predicted octanol–water partition coefficient (Wildman–Crippen LogP) is 1.74. The van der Waals surface area contributed by atoms with E-state index in [9.17, 15) is 58.1 Å². The molecule has 25 nitrogen and oxygen atoms in total. The number of nitro groups is 1. The quantitative estimate of drug-likeness (QED) is 0.0476. The number of nitrogens with one attached hydrogen (secondary N) is 3. The van der Waals surface area contributed by atoms with Crippen LogP contribution in [0.1, 0.15) is 88.5 Å². The van der Waals surface area contributed by atoms with Crippen LogP contribution in [0.15, 0.2) is 41.0 Å². The van der Waals surface area contributed by atoms with E-state index in [0.29, 0.717) is 0 Å². The fraction of sp³-hybridized carbons (Fsp3) is 0.727. The number of alkyl carbamates (subject to hydrolysis) is 2. The number of carbonyl (C=O) groups is 4. The van der Waals surface area contributed by atoms with E-state index < -0.39 is 153 Å². The van der Waals surface area contributed by atoms with Crippen LogP contribution in [0.3, 0.4) is 0 Å². The second-order valence-corrected chi connectivity index (χ2v) is 22.2. The zero-order valence-electron chi connectivity index (χ0n) is 41.4. The first-order valence-corrected chi connectivity index (χ1v) is 24.2. The van der Waals surface area contributed by atoms with Crippen molar-refractivity contribution in [2.24, 2.45) is 0 Å². The molecule has 2 aliphatic heterocycles. The number of ether oxygens (including phenoxy) is 7. The average Bonchev–Trinajstić information content (AvgIpc) is 3.21. The summed E-state index contributed by atoms with van der Waals surface area (Å²) in [6.07, 6.45) is -11.5. The summed E-state index contributed by atoms with van der Waals surface area (Å²) in [5.41, 5.74) is -5.72. The second-order valence-electron chi connectivity index (χ2n) is 20.2. The Morgan fingerprint density at radius 3 is 2.03 bits per heavy atom. The van der Waals surface area contributed by atoms with Gasteiger partial charge in [0, 0.05) is 13.1 Å². The number of likely N-dealkylation sites (tertiary alicyclic amines) is 1. The third-order valence-electron chi connectivity index (χ3n) is 10.7. The lowest BCUT2D eigenvalue weighted by atomic mass is 9.82. The monoisotopic (exact) mass is 1020 g/mol. The van der Waals surface area contributed by atoms with Crippen molar-refractivity contribution in [3.63, 3.8) is 0 Å². The number of nitrogens with zero attached hydrogens (tertiary/aromatic N) is 3. The molecule has 1 aromatic carbocycles. The molecule has 9 atom stereocenters. The molecule has 1 aromatic rings. The number of para-hydroxylation sites is 1. The highest BCUT2D eigenvalue weighted by atomic mass is 32.2. The maximum Gasteiger partial charge on any atom is 0.410 e. The molecular formula is C44H70N6O19S. The zero-order valence-corrected chi connectivity index (χ0v) is 42.2. The summed E-state index contributed by atoms with van der Waals surface area (Å²) in [6, 6.07) is 0.900. The van der Waals surface area contributed by atoms with Crippen LogP contribution >= 0.6 is 0 Å². The van der Waals surface area contributed by atoms with Crippen LogP contribution in [0, 0.1) is 10.1 Å². The molecule has 2 fully saturated rings. The molecule has 0 unspecified atom stereocenters. The van der Waals surface area contributed by atoms with Crippen LogP contribution in [0.5, 0.6) is 0 Å². The standard InChI is InChI=1S/C44H70N6O19S/c1-12-30(52)36(63-20-19-51)66-33-27(45-37(54)44(58)23-49(24-44)40(57)69-43(8,9)10)21-28(47-39(56)68-42(5,6)7)34(32(33)53)65-35-26(46-38(55)67-41(2,3)4)18-17-25(64-35)22-48(11)70(61,62)31-16-14-13-15-29(31)50(59)60/h13-17,26-28,30,32-36,51-53,58H,12,18-24H2,1-11H3,(H,45,54)(H,46,55)(H,47,56)/t26-,27-,28+,30-,32-,33+,34-,35-,36-/m1/s1. The van der Waals surface area contributed by atoms with Gasteiger partial charge in [-0.05, 0) is 93.7 Å². The first-order chi connectivity index (χ1) is 32.3. The molecule has 26 heteroatoms. The summed E-state index contributed by atoms with van der Waals surface area (Å²) in [4.78, 5) is 64.9. The molecule has 1 saturated carbocycles. The van der Waals surface area contributed by atoms with Gasteiger partial charge in [0.25, 0.3) is 11.6 Å². The molecule has 396 valence electrons. The highest BCUT2D eigenvalue weighted by Crippen LogP contribution is 2.34. The normalized spacial score (nSPS) is 24.7. The molecule has 0 aromatic heterocycles. The molecule has 4 rings (SSSR count). The van der Waals surface area contributed by atoms with E-state index in [1.807, 2.05) is 0 Å². The van der Waals surface area contributed by atoms with Crippen molar-refractivity contribution in [3.05, 3.63) is 46.2 Å². The van der Waals surface area contributed by atoms with Crippen LogP contribution in [0.2, 0.25) is 0 Å². The van der Waals surface area contributed by atoms with Crippen molar-refractivity contribution in [1.82, 2.24) is 25.2 Å². The van der Waals surface area contributed by atoms with Gasteiger partial charge in [-0.25, -0.2) is 22.8 Å². The fourth-order valence-electron chi connectivity index (χ4n) is 7.45. The fourth-order valence-corrected chi connectivity index (χ4v) is 8.74. The van der Waals surface area contributed by atoms with Crippen molar-refractivity contribution < 1.29 is 86.1 Å². The largest absolute Gasteiger partial charge is 0.466 e. The summed E-state index contributed by atoms with van der Waals surface area (Å²) in [5, 5.41) is 64.3. The smallest absolute Gasteiger partial charge is 0.410 e. The number of aliphatic hydroxyl groups excluding tert-OH is 3. The summed E-state index contributed by atoms with van der Waals surface area (Å²) in [7, 11) is -3.37. The van der Waals surface area contributed by atoms with Gasteiger partial charge in [0.05, 0.1) is 55.9 Å². The van der Waals surface area contributed by atoms with E-state index in [0.717, 1.165) is 28.4 Å². The van der Waals surface area contributed by atoms with Crippen molar-refractivity contribution in [1.29, 1.82) is 0 Å². The van der Waals surface area contributed by atoms with E-state index in [4.69, 9.17) is 33.2 Å². The summed E-state index contributed by atoms with van der Waals surface area (Å²) in [6.45, 7) is 13.9. The Bertz CT molecular complexity index is 2150. The number of sulfonamides is 1. The minimum absolute atomic E-state index is 0.0454. The van der Waals surface area contributed by atoms with E-state index in [1.54, 1.807) is 69.2 Å². The minimum atomic E-state index is -4.54. The highest BCUT2D eigenvalue weighted by molar-refractivity contribution is 7.89. The minimum Gasteiger partial charge on any atom is -0.466 e. The molecule has 2 heterocycles. The molecule has 1 saturated heterocycles. The maximum absolute atomic E-state index is 14.0. The van der Waals surface area contributed by atoms with E-state index in [-0.39, 0.29) is 31.6 Å². The van der Waals surface area contributed by atoms with Gasteiger partial charge in [-0.1, -0.05) is 19.1 Å². The van der Waals surface area contributed by atoms with Crippen molar-refractivity contribution in [3.8, 4) is 0 Å². The Balaban J connectivity index is 1.76. The van der Waals surface area contributed by atoms with Gasteiger partial charge in [0.15, 0.2) is 16.8 Å². The SMILES string of the molecule is CC[C@@H](O)[C@H](OCCO)O[C@@H]1[C@@H](O)[C@H](O[C@H]2OC(CN(C)S(=O)(=O)c3ccccc3[N+](=O)[O-])=CC[C@H]2NC(=O)OC(C)(C)C)[C@@H](NC(=O)OC(C)(C)C)C[C@H]1NC(=O)C1(O)CN(C(=O)OC(C)(C)C)C1. The van der Waals surface area contributed by atoms with E-state index >= 15 is 0 Å². The van der Waals surface area contributed by atoms with Crippen molar-refractivity contribution in [2.45, 2.75) is 171 Å². The first-order valence-electron chi connectivity index (χ1n) is 22.7. The lowest BCUT2D eigenvalue weighted by molar-refractivity contribution is -0.387. The molecular weight excluding hydrogens is 949 g/mol. The van der Waals surface area contributed by atoms with Crippen LogP contribution in [0.4, 0.5) is 20.1 Å². The van der Waals surface area contributed by atoms with Gasteiger partial charge >= 0.3 is 18.3 Å². The molecule has 4 amide bonds. The van der Waals surface area contributed by atoms with Gasteiger partial charge in [0.2, 0.25) is 16.3 Å². The zero-order chi connectivity index (χ0) is 52.7. The van der Waals surface area contributed by atoms with Gasteiger partial charge < -0.3 is 74.4 Å². The van der Waals surface area contributed by atoms with E-state index in [1.165, 1.54) is 18.2 Å². The number of amides is 4. The Morgan fingerprint density at radius 1 is 0.929 bits per heavy atom. The number of carbonyl (C=O) groups excluding carboxylic acids is 4. The van der Waals surface area contributed by atoms with Gasteiger partial charge in [-0.3, -0.25) is 14.9 Å². The number of β-amino-alcohol motifs (C(OH)–C–C–N with tert-alkyl or cyclic N) is 1. The molecule has 70 heavy (non-hydrogen) atoms. The second kappa shape index (κ2) is 23.1. The highest BCUT2D eigenvalue weighted by Gasteiger charge is 2.55. The Labute approximate surface area is 407 Å². The third kappa shape index (κ3) is 15.8. The average molecular weight is 1020 g/mol. The third-order valence-corrected chi connectivity index (χ3v) is 12.5. The summed E-state index contributed by atoms with van der Waals surface area (Å²) in [5.74, 6) is -1.07. The first kappa shape index (κ1) is 57.6. The summed E-state index contributed by atoms with van der Waals surface area (Å²) < 4.78 is 69.3. The molecule has 0 radical (unpaired) electrons. The predicted molar refractivity (Wildman–Crippen MR) is 245 cm³/mol. The van der Waals surface area contributed by atoms with E-state index in [2.05, 4.69) is 16.0 Å². The maximum atomic E-state index is 14.0. The number of likely N-dealkylation sites (N-methyl/N-ethyl adjacent to an activating group) is 1. The lowest BCUT2D eigenvalue weighted by Gasteiger charge is -2.49. The van der Waals surface area contributed by atoms with Crippen molar-refractivity contribution in [2.75, 3.05) is 39.9 Å². The number of hydrogen-bond acceptors (Lipinski definition) is 19. The van der Waals surface area contributed by atoms with Crippen LogP contribution in [-0.4, -0.2) is 185 Å². The number of rotatable bonds is 18. The molecule has 1 aliphatic carbocycles. The van der Waals surface area contributed by atoms with Gasteiger partial charge in [0.1, 0.15) is 47.0 Å². The number of nitro benzene ring substituents is 1. The van der Waals surface area contributed by atoms with Crippen LogP contribution < -0.4 is 16.0 Å². The van der Waals surface area contributed by atoms with Gasteiger partial charge in [-0.15, -0.1) is 0 Å². The Hall–Kier alpha value is -4.93. The Kier molecular flexibility index (Phi) is 19.0. The van der Waals surface area contributed by atoms with Crippen molar-refractivity contribution >= 4 is 39.9 Å². The van der Waals surface area contributed by atoms with Crippen LogP contribution in [0.25, 0.3) is 0 Å². The molecule has 0 spiro atoms. The Morgan fingerprint density at radius 2 is 1.49 bits per heavy atom. The van der Waals surface area contributed by atoms with Crippen LogP contribution in [-0.2, 0) is 48.0 Å². The van der Waals surface area contributed by atoms with Gasteiger partial charge in [-0.2, -0.15) is 4.31 Å². The number of hydrogen-bond donors (Lipinski definition) is 7. The molecule has 7 N–H and O–H groups in total. The molecule has 3 aliphatic rings. The number of aliphatic hydroxyl groups is 4. The lowest BCUT2D eigenvalue weighted by Crippen LogP contribution is -2.73. The topological polar surface area (TPSA) is 334 Å². The summed E-state index contributed by atoms with van der Waals surface area (Å²) >= 11 is 0. The molecule has 0 bridgehead atoms. The number of benzene rings is 1.